The molecule has 2 rings (SSSR count). The van der Waals surface area contributed by atoms with Gasteiger partial charge in [-0.05, 0) is 30.5 Å². The minimum Gasteiger partial charge on any atom is -0.434 e. The van der Waals surface area contributed by atoms with Crippen LogP contribution in [-0.2, 0) is 24.1 Å². The number of ether oxygens (including phenoxy) is 2. The van der Waals surface area contributed by atoms with Gasteiger partial charge >= 0.3 is 12.8 Å². The Kier molecular flexibility index (Phi) is 7.74. The van der Waals surface area contributed by atoms with Crippen LogP contribution >= 0.6 is 11.6 Å². The molecule has 0 radical (unpaired) electrons. The lowest BCUT2D eigenvalue weighted by molar-refractivity contribution is -0.211. The van der Waals surface area contributed by atoms with Gasteiger partial charge in [0.1, 0.15) is 5.75 Å². The number of nitrogens with zero attached hydrogens (tertiary/aromatic N) is 2. The molecule has 2 aromatic rings. The van der Waals surface area contributed by atoms with Crippen molar-refractivity contribution < 1.29 is 31.4 Å². The summed E-state index contributed by atoms with van der Waals surface area (Å²) in [6.45, 7) is 1.41. The predicted octanol–water partition coefficient (Wildman–Crippen LogP) is 6.14. The second-order valence-electron chi connectivity index (χ2n) is 7.45. The first-order chi connectivity index (χ1) is 13.9. The lowest BCUT2D eigenvalue weighted by Crippen LogP contribution is -2.34. The molecule has 0 amide bonds. The molecular weight excluding hydrogens is 431 g/mol. The van der Waals surface area contributed by atoms with Crippen molar-refractivity contribution in [2.24, 2.45) is 5.41 Å². The summed E-state index contributed by atoms with van der Waals surface area (Å²) in [5, 5.41) is 4.66. The van der Waals surface area contributed by atoms with Gasteiger partial charge in [-0.1, -0.05) is 38.4 Å². The molecule has 1 aromatic carbocycles. The molecule has 4 nitrogen and oxygen atoms in total. The summed E-state index contributed by atoms with van der Waals surface area (Å²) in [7, 11) is 1.51. The van der Waals surface area contributed by atoms with Gasteiger partial charge in [-0.3, -0.25) is 4.68 Å². The molecule has 1 aromatic heterocycles. The number of aryl methyl sites for hydroxylation is 1. The molecule has 10 heteroatoms. The molecule has 168 valence electrons. The fourth-order valence-electron chi connectivity index (χ4n) is 2.99. The van der Waals surface area contributed by atoms with Gasteiger partial charge in [-0.25, -0.2) is 0 Å². The van der Waals surface area contributed by atoms with E-state index in [0.29, 0.717) is 31.0 Å². The van der Waals surface area contributed by atoms with E-state index in [-0.39, 0.29) is 21.9 Å². The fourth-order valence-corrected chi connectivity index (χ4v) is 3.36. The highest BCUT2D eigenvalue weighted by Gasteiger charge is 2.47. The molecule has 0 N–H and O–H groups in total. The maximum absolute atomic E-state index is 13.2. The van der Waals surface area contributed by atoms with E-state index in [1.54, 1.807) is 0 Å². The molecule has 0 saturated carbocycles. The van der Waals surface area contributed by atoms with Gasteiger partial charge in [0.2, 0.25) is 0 Å². The highest BCUT2D eigenvalue weighted by atomic mass is 35.5. The number of rotatable bonds is 9. The Balaban J connectivity index is 2.57. The van der Waals surface area contributed by atoms with Crippen LogP contribution in [0.4, 0.5) is 22.0 Å². The fraction of sp³-hybridized carbons (Fsp3) is 0.550. The van der Waals surface area contributed by atoms with Crippen molar-refractivity contribution in [3.05, 3.63) is 34.5 Å². The molecule has 0 saturated heterocycles. The van der Waals surface area contributed by atoms with Gasteiger partial charge in [-0.2, -0.15) is 27.1 Å². The highest BCUT2D eigenvalue weighted by Crippen LogP contribution is 2.43. The molecular formula is C20H24ClF5N2O2. The first kappa shape index (κ1) is 24.4. The van der Waals surface area contributed by atoms with Crippen LogP contribution in [0, 0.1) is 5.41 Å². The van der Waals surface area contributed by atoms with Crippen molar-refractivity contribution in [2.75, 3.05) is 13.7 Å². The van der Waals surface area contributed by atoms with Crippen LogP contribution in [-0.4, -0.2) is 36.3 Å². The summed E-state index contributed by atoms with van der Waals surface area (Å²) in [6, 6.07) is 4.09. The van der Waals surface area contributed by atoms with Crippen molar-refractivity contribution in [1.82, 2.24) is 9.78 Å². The molecule has 30 heavy (non-hydrogen) atoms. The Labute approximate surface area is 176 Å². The summed E-state index contributed by atoms with van der Waals surface area (Å²) < 4.78 is 77.1. The van der Waals surface area contributed by atoms with Gasteiger partial charge < -0.3 is 9.47 Å². The zero-order valence-electron chi connectivity index (χ0n) is 17.1. The maximum Gasteiger partial charge on any atom is 0.394 e. The standard InChI is InChI=1S/C20H24ClF5N2O2/c1-5-14-16(21)17(28(27-14)8-9-29-4)13-7-6-12(10-15(13)30-18(22)23)11-19(2,3)20(24,25)26/h6-7,10,18H,5,8-9,11H2,1-4H3. The molecule has 0 aliphatic rings. The van der Waals surface area contributed by atoms with Gasteiger partial charge in [0.15, 0.2) is 0 Å². The maximum atomic E-state index is 13.2. The summed E-state index contributed by atoms with van der Waals surface area (Å²) in [5.74, 6) is -0.261. The Morgan fingerprint density at radius 2 is 1.87 bits per heavy atom. The Bertz CT molecular complexity index is 866. The monoisotopic (exact) mass is 454 g/mol. The van der Waals surface area contributed by atoms with Crippen molar-refractivity contribution in [3.8, 4) is 17.0 Å². The molecule has 0 aliphatic carbocycles. The van der Waals surface area contributed by atoms with Crippen LogP contribution in [0.2, 0.25) is 5.02 Å². The normalized spacial score (nSPS) is 12.6. The Morgan fingerprint density at radius 1 is 1.20 bits per heavy atom. The second kappa shape index (κ2) is 9.51. The number of methoxy groups -OCH3 is 1. The Morgan fingerprint density at radius 3 is 2.40 bits per heavy atom. The van der Waals surface area contributed by atoms with Gasteiger partial charge in [0.25, 0.3) is 0 Å². The molecule has 0 bridgehead atoms. The smallest absolute Gasteiger partial charge is 0.394 e. The molecule has 0 unspecified atom stereocenters. The summed E-state index contributed by atoms with van der Waals surface area (Å²) in [6.07, 6.45) is -4.34. The van der Waals surface area contributed by atoms with Crippen LogP contribution < -0.4 is 4.74 Å². The summed E-state index contributed by atoms with van der Waals surface area (Å²) >= 11 is 6.44. The predicted molar refractivity (Wildman–Crippen MR) is 104 cm³/mol. The topological polar surface area (TPSA) is 36.3 Å². The van der Waals surface area contributed by atoms with Crippen LogP contribution in [0.1, 0.15) is 32.0 Å². The number of aromatic nitrogens is 2. The molecule has 0 spiro atoms. The quantitative estimate of drug-likeness (QED) is 0.427. The first-order valence-electron chi connectivity index (χ1n) is 9.30. The van der Waals surface area contributed by atoms with E-state index in [1.165, 1.54) is 30.0 Å². The van der Waals surface area contributed by atoms with E-state index in [0.717, 1.165) is 13.8 Å². The van der Waals surface area contributed by atoms with Crippen molar-refractivity contribution >= 4 is 11.6 Å². The van der Waals surface area contributed by atoms with Crippen LogP contribution in [0.3, 0.4) is 0 Å². The number of alkyl halides is 5. The average Bonchev–Trinajstić information content (AvgIpc) is 2.94. The van der Waals surface area contributed by atoms with E-state index in [2.05, 4.69) is 9.84 Å². The third-order valence-corrected chi connectivity index (χ3v) is 5.13. The third-order valence-electron chi connectivity index (χ3n) is 4.73. The van der Waals surface area contributed by atoms with E-state index in [4.69, 9.17) is 16.3 Å². The number of benzene rings is 1. The van der Waals surface area contributed by atoms with Crippen molar-refractivity contribution in [1.29, 1.82) is 0 Å². The van der Waals surface area contributed by atoms with Gasteiger partial charge in [0.05, 0.1) is 35.0 Å². The first-order valence-corrected chi connectivity index (χ1v) is 9.68. The largest absolute Gasteiger partial charge is 0.434 e. The SMILES string of the molecule is CCc1nn(CCOC)c(-c2ccc(CC(C)(C)C(F)(F)F)cc2OC(F)F)c1Cl. The molecule has 0 aliphatic heterocycles. The molecule has 0 fully saturated rings. The minimum absolute atomic E-state index is 0.214. The van der Waals surface area contributed by atoms with Gasteiger partial charge in [-0.15, -0.1) is 0 Å². The number of hydrogen-bond acceptors (Lipinski definition) is 3. The Hall–Kier alpha value is -1.87. The van der Waals surface area contributed by atoms with E-state index >= 15 is 0 Å². The summed E-state index contributed by atoms with van der Waals surface area (Å²) in [4.78, 5) is 0. The molecule has 0 atom stereocenters. The van der Waals surface area contributed by atoms with Crippen LogP contribution in [0.25, 0.3) is 11.3 Å². The third kappa shape index (κ3) is 5.43. The van der Waals surface area contributed by atoms with Crippen molar-refractivity contribution in [3.63, 3.8) is 0 Å². The summed E-state index contributed by atoms with van der Waals surface area (Å²) in [5.41, 5.74) is -0.691. The highest BCUT2D eigenvalue weighted by molar-refractivity contribution is 6.33. The van der Waals surface area contributed by atoms with Crippen LogP contribution in [0.15, 0.2) is 18.2 Å². The van der Waals surface area contributed by atoms with Gasteiger partial charge in [0, 0.05) is 12.7 Å². The van der Waals surface area contributed by atoms with E-state index in [9.17, 15) is 22.0 Å². The lowest BCUT2D eigenvalue weighted by Gasteiger charge is -2.28. The second-order valence-corrected chi connectivity index (χ2v) is 7.82. The lowest BCUT2D eigenvalue weighted by atomic mass is 9.84. The minimum atomic E-state index is -4.45. The van der Waals surface area contributed by atoms with E-state index in [1.807, 2.05) is 6.92 Å². The average molecular weight is 455 g/mol. The molecule has 1 heterocycles. The number of hydrogen-bond donors (Lipinski definition) is 0. The van der Waals surface area contributed by atoms with Crippen LogP contribution in [0.5, 0.6) is 5.75 Å². The van der Waals surface area contributed by atoms with E-state index < -0.39 is 24.6 Å². The zero-order chi connectivity index (χ0) is 22.7. The van der Waals surface area contributed by atoms with Crippen molar-refractivity contribution in [2.45, 2.75) is 52.9 Å². The number of halogens is 6. The zero-order valence-corrected chi connectivity index (χ0v) is 17.9.